The summed E-state index contributed by atoms with van der Waals surface area (Å²) in [6, 6.07) is 12.5. The molecule has 1 aliphatic heterocycles. The molecular weight excluding hydrogens is 382 g/mol. The van der Waals surface area contributed by atoms with Gasteiger partial charge >= 0.3 is 0 Å². The van der Waals surface area contributed by atoms with E-state index in [0.717, 1.165) is 50.4 Å². The maximum Gasteiger partial charge on any atom is 0.251 e. The summed E-state index contributed by atoms with van der Waals surface area (Å²) >= 11 is 1.81. The Hall–Kier alpha value is -2.54. The Bertz CT molecular complexity index is 797. The molecule has 0 bridgehead atoms. The molecule has 3 N–H and O–H groups in total. The minimum absolute atomic E-state index is 0.0563. The molecule has 7 heteroatoms. The monoisotopic (exact) mass is 413 g/mol. The summed E-state index contributed by atoms with van der Waals surface area (Å²) < 4.78 is 0. The van der Waals surface area contributed by atoms with E-state index in [1.165, 1.54) is 5.00 Å². The smallest absolute Gasteiger partial charge is 0.251 e. The Balaban J connectivity index is 1.50. The van der Waals surface area contributed by atoms with Gasteiger partial charge in [0.1, 0.15) is 0 Å². The predicted octanol–water partition coefficient (Wildman–Crippen LogP) is 2.87. The molecule has 1 saturated heterocycles. The lowest BCUT2D eigenvalue weighted by molar-refractivity contribution is 0.0963. The number of nitrogens with zero attached hydrogens (tertiary/aromatic N) is 2. The van der Waals surface area contributed by atoms with Crippen LogP contribution < -0.4 is 20.9 Å². The van der Waals surface area contributed by atoms with Crippen molar-refractivity contribution in [2.75, 3.05) is 38.1 Å². The maximum absolute atomic E-state index is 11.8. The summed E-state index contributed by atoms with van der Waals surface area (Å²) in [4.78, 5) is 19.0. The number of carbonyl (C=O) groups excluding carboxylic acids is 1. The second-order valence-corrected chi connectivity index (χ2v) is 8.07. The molecule has 156 valence electrons. The summed E-state index contributed by atoms with van der Waals surface area (Å²) in [5, 5.41) is 13.1. The third-order valence-electron chi connectivity index (χ3n) is 5.08. The van der Waals surface area contributed by atoms with Crippen molar-refractivity contribution >= 4 is 28.2 Å². The van der Waals surface area contributed by atoms with Crippen LogP contribution in [-0.4, -0.2) is 51.1 Å². The second-order valence-electron chi connectivity index (χ2n) is 7.15. The number of rotatable bonds is 7. The molecule has 1 aliphatic rings. The van der Waals surface area contributed by atoms with Crippen LogP contribution in [0.25, 0.3) is 0 Å². The van der Waals surface area contributed by atoms with Crippen molar-refractivity contribution in [3.05, 3.63) is 52.9 Å². The van der Waals surface area contributed by atoms with Gasteiger partial charge in [0.25, 0.3) is 5.91 Å². The van der Waals surface area contributed by atoms with Crippen molar-refractivity contribution in [1.29, 1.82) is 0 Å². The van der Waals surface area contributed by atoms with E-state index in [-0.39, 0.29) is 5.91 Å². The van der Waals surface area contributed by atoms with E-state index in [9.17, 15) is 4.79 Å². The van der Waals surface area contributed by atoms with Gasteiger partial charge in [-0.3, -0.25) is 9.79 Å². The van der Waals surface area contributed by atoms with Gasteiger partial charge in [-0.2, -0.15) is 0 Å². The van der Waals surface area contributed by atoms with Crippen molar-refractivity contribution in [1.82, 2.24) is 16.0 Å². The fraction of sp³-hybridized carbons (Fsp3) is 0.455. The Labute approximate surface area is 177 Å². The van der Waals surface area contributed by atoms with E-state index in [2.05, 4.69) is 45.3 Å². The maximum atomic E-state index is 11.8. The Morgan fingerprint density at radius 2 is 2.07 bits per heavy atom. The average molecular weight is 414 g/mol. The van der Waals surface area contributed by atoms with Gasteiger partial charge in [-0.1, -0.05) is 12.1 Å². The number of carbonyl (C=O) groups is 1. The number of anilines is 1. The van der Waals surface area contributed by atoms with Gasteiger partial charge in [0.2, 0.25) is 0 Å². The fourth-order valence-electron chi connectivity index (χ4n) is 3.52. The molecule has 2 heterocycles. The van der Waals surface area contributed by atoms with Crippen LogP contribution in [0.15, 0.2) is 46.8 Å². The molecular formula is C22H31N5OS. The second kappa shape index (κ2) is 10.9. The van der Waals surface area contributed by atoms with Crippen LogP contribution in [0.3, 0.4) is 0 Å². The zero-order valence-corrected chi connectivity index (χ0v) is 18.1. The molecule has 0 aliphatic carbocycles. The molecule has 29 heavy (non-hydrogen) atoms. The summed E-state index contributed by atoms with van der Waals surface area (Å²) in [6.07, 6.45) is 3.02. The topological polar surface area (TPSA) is 68.8 Å². The van der Waals surface area contributed by atoms with Crippen LogP contribution in [0, 0.1) is 0 Å². The summed E-state index contributed by atoms with van der Waals surface area (Å²) in [7, 11) is 1.65. The van der Waals surface area contributed by atoms with Gasteiger partial charge in [-0.05, 0) is 61.4 Å². The number of aliphatic imine (C=N–C) groups is 1. The highest BCUT2D eigenvalue weighted by molar-refractivity contribution is 7.14. The van der Waals surface area contributed by atoms with Gasteiger partial charge in [0, 0.05) is 44.8 Å². The van der Waals surface area contributed by atoms with Crippen LogP contribution >= 0.6 is 11.3 Å². The van der Waals surface area contributed by atoms with Crippen molar-refractivity contribution < 1.29 is 4.79 Å². The normalized spacial score (nSPS) is 15.2. The molecule has 1 aromatic heterocycles. The first-order valence-electron chi connectivity index (χ1n) is 10.3. The van der Waals surface area contributed by atoms with E-state index < -0.39 is 0 Å². The number of piperidine rings is 1. The molecule has 6 nitrogen and oxygen atoms in total. The first kappa shape index (κ1) is 21.2. The third-order valence-corrected chi connectivity index (χ3v) is 6.01. The van der Waals surface area contributed by atoms with E-state index >= 15 is 0 Å². The first-order chi connectivity index (χ1) is 14.2. The van der Waals surface area contributed by atoms with Crippen molar-refractivity contribution in [2.45, 2.75) is 32.2 Å². The van der Waals surface area contributed by atoms with Crippen molar-refractivity contribution in [3.8, 4) is 0 Å². The molecule has 1 fully saturated rings. The van der Waals surface area contributed by atoms with Gasteiger partial charge in [0.15, 0.2) is 5.96 Å². The number of hydrogen-bond donors (Lipinski definition) is 3. The summed E-state index contributed by atoms with van der Waals surface area (Å²) in [5.74, 6) is 0.823. The molecule has 0 saturated carbocycles. The Kier molecular flexibility index (Phi) is 7.93. The third kappa shape index (κ3) is 6.22. The predicted molar refractivity (Wildman–Crippen MR) is 122 cm³/mol. The lowest BCUT2D eigenvalue weighted by atomic mass is 10.1. The van der Waals surface area contributed by atoms with Crippen molar-refractivity contribution in [2.24, 2.45) is 4.99 Å². The quantitative estimate of drug-likeness (QED) is 0.482. The van der Waals surface area contributed by atoms with E-state index in [0.29, 0.717) is 18.2 Å². The number of nitrogens with one attached hydrogen (secondary N) is 3. The number of amides is 1. The zero-order valence-electron chi connectivity index (χ0n) is 17.3. The summed E-state index contributed by atoms with van der Waals surface area (Å²) in [5.41, 5.74) is 1.81. The van der Waals surface area contributed by atoms with Gasteiger partial charge < -0.3 is 20.9 Å². The van der Waals surface area contributed by atoms with E-state index in [4.69, 9.17) is 4.99 Å². The van der Waals surface area contributed by atoms with E-state index in [1.54, 1.807) is 7.05 Å². The van der Waals surface area contributed by atoms with Gasteiger partial charge in [-0.25, -0.2) is 0 Å². The van der Waals surface area contributed by atoms with Crippen LogP contribution in [-0.2, 0) is 6.42 Å². The fourth-order valence-corrected chi connectivity index (χ4v) is 4.30. The average Bonchev–Trinajstić information content (AvgIpc) is 3.29. The number of thiophene rings is 1. The minimum Gasteiger partial charge on any atom is -0.363 e. The van der Waals surface area contributed by atoms with Gasteiger partial charge in [-0.15, -0.1) is 11.3 Å². The molecule has 2 aromatic rings. The highest BCUT2D eigenvalue weighted by Gasteiger charge is 2.20. The highest BCUT2D eigenvalue weighted by atomic mass is 32.1. The molecule has 3 rings (SSSR count). The lowest BCUT2D eigenvalue weighted by Gasteiger charge is -2.33. The van der Waals surface area contributed by atoms with Crippen LogP contribution in [0.4, 0.5) is 5.00 Å². The Morgan fingerprint density at radius 1 is 1.24 bits per heavy atom. The standard InChI is InChI=1S/C22H31N5OS/c1-3-24-22(25-12-9-17-6-4-7-18(16-17)21(28)23-2)26-19-10-13-27(14-11-19)20-8-5-15-29-20/h4-8,15-16,19H,3,9-14H2,1-2H3,(H,23,28)(H2,24,25,26). The van der Waals surface area contributed by atoms with Gasteiger partial charge in [0.05, 0.1) is 5.00 Å². The number of hydrogen-bond acceptors (Lipinski definition) is 4. The largest absolute Gasteiger partial charge is 0.363 e. The lowest BCUT2D eigenvalue weighted by Crippen LogP contribution is -2.48. The number of guanidine groups is 1. The van der Waals surface area contributed by atoms with Crippen LogP contribution in [0.1, 0.15) is 35.7 Å². The molecule has 0 unspecified atom stereocenters. The van der Waals surface area contributed by atoms with E-state index in [1.807, 2.05) is 35.6 Å². The Morgan fingerprint density at radius 3 is 2.76 bits per heavy atom. The first-order valence-corrected chi connectivity index (χ1v) is 11.2. The number of benzene rings is 1. The molecule has 0 spiro atoms. The summed E-state index contributed by atoms with van der Waals surface area (Å²) in [6.45, 7) is 5.75. The SMILES string of the molecule is CCNC(=NCCc1cccc(C(=O)NC)c1)NC1CCN(c2cccs2)CC1. The molecule has 1 aromatic carbocycles. The highest BCUT2D eigenvalue weighted by Crippen LogP contribution is 2.24. The minimum atomic E-state index is -0.0563. The zero-order chi connectivity index (χ0) is 20.5. The molecule has 0 atom stereocenters. The van der Waals surface area contributed by atoms with Crippen molar-refractivity contribution in [3.63, 3.8) is 0 Å². The van der Waals surface area contributed by atoms with Crippen LogP contribution in [0.5, 0.6) is 0 Å². The van der Waals surface area contributed by atoms with Crippen LogP contribution in [0.2, 0.25) is 0 Å². The molecule has 1 amide bonds. The molecule has 0 radical (unpaired) electrons.